The molecule has 16 heterocycles. The lowest BCUT2D eigenvalue weighted by molar-refractivity contribution is 0.0527. The van der Waals surface area contributed by atoms with Crippen molar-refractivity contribution in [2.45, 2.75) is 25.2 Å². The third-order valence-corrected chi connectivity index (χ3v) is 23.8. The lowest BCUT2D eigenvalue weighted by Gasteiger charge is -2.11. The molecule has 0 aliphatic rings. The smallest absolute Gasteiger partial charge is 0.338 e. The van der Waals surface area contributed by atoms with Gasteiger partial charge in [0.25, 0.3) is 15.9 Å². The van der Waals surface area contributed by atoms with Crippen molar-refractivity contribution in [1.82, 2.24) is 79.3 Å². The molecule has 23 rings (SSSR count). The number of furan rings is 2. The molecule has 0 spiro atoms. The second-order valence-corrected chi connectivity index (χ2v) is 32.6. The van der Waals surface area contributed by atoms with Gasteiger partial charge in [-0.05, 0) is 139 Å². The van der Waals surface area contributed by atoms with Gasteiger partial charge in [-0.2, -0.15) is 17.6 Å². The van der Waals surface area contributed by atoms with Crippen LogP contribution in [0.3, 0.4) is 0 Å². The quantitative estimate of drug-likeness (QED) is 0.0343. The number of fused-ring (bicyclic) bond motifs is 5. The van der Waals surface area contributed by atoms with E-state index in [1.54, 1.807) is 105 Å². The topological polar surface area (TPSA) is 360 Å². The van der Waals surface area contributed by atoms with E-state index in [0.717, 1.165) is 183 Å². The average Bonchev–Trinajstić information content (AvgIpc) is 1.67. The third-order valence-electron chi connectivity index (χ3n) is 22.2. The van der Waals surface area contributed by atoms with Crippen LogP contribution in [0.5, 0.6) is 23.0 Å². The Morgan fingerprint density at radius 3 is 1.39 bits per heavy atom. The van der Waals surface area contributed by atoms with E-state index in [-0.39, 0.29) is 16.8 Å². The van der Waals surface area contributed by atoms with Gasteiger partial charge < -0.3 is 62.1 Å². The van der Waals surface area contributed by atoms with Crippen LogP contribution < -0.4 is 14.8 Å². The molecule has 28 heteroatoms. The van der Waals surface area contributed by atoms with Gasteiger partial charge in [-0.25, -0.2) is 39.7 Å². The van der Waals surface area contributed by atoms with Crippen molar-refractivity contribution in [2.75, 3.05) is 13.2 Å². The first-order chi connectivity index (χ1) is 66.9. The number of H-pyrrole nitrogens is 5. The minimum absolute atomic E-state index is 0.178. The maximum atomic E-state index is 13.0. The van der Waals surface area contributed by atoms with Crippen LogP contribution in [0.4, 0.5) is 0 Å². The number of hydrogen-bond acceptors (Lipinski definition) is 20. The Kier molecular flexibility index (Phi) is 25.5. The first-order valence-corrected chi connectivity index (χ1v) is 44.8. The number of ether oxygens (including phenoxy) is 3. The van der Waals surface area contributed by atoms with E-state index in [1.807, 2.05) is 245 Å². The molecule has 0 unspecified atom stereocenters. The van der Waals surface area contributed by atoms with Crippen LogP contribution in [0.25, 0.3) is 173 Å². The number of aromatic amines is 5. The maximum absolute atomic E-state index is 13.0. The van der Waals surface area contributed by atoms with E-state index >= 15 is 0 Å². The molecule has 27 nitrogen and oxygen atoms in total. The number of benzene rings is 7. The van der Waals surface area contributed by atoms with Crippen LogP contribution in [0.1, 0.15) is 46.7 Å². The molecule has 0 radical (unpaired) electrons. The molecule has 16 aromatic heterocycles. The van der Waals surface area contributed by atoms with Crippen molar-refractivity contribution in [3.63, 3.8) is 0 Å². The number of hydrogen-bond donors (Lipinski definition) is 6. The van der Waals surface area contributed by atoms with E-state index in [4.69, 9.17) is 31.9 Å². The monoisotopic (exact) mass is 1810 g/mol. The van der Waals surface area contributed by atoms with Gasteiger partial charge in [-0.15, -0.1) is 0 Å². The predicted molar refractivity (Wildman–Crippen MR) is 524 cm³/mol. The lowest BCUT2D eigenvalue weighted by Crippen LogP contribution is -2.23. The lowest BCUT2D eigenvalue weighted by atomic mass is 10.00. The standard InChI is InChI=1S/C28H20N4O3S.C27H23N3O3.C19H15N3O3.C18H13N3O.C16H11N3O/c33-36(34,23-11-5-2-6-12-23)32-19-21(17-31-32)26-18-30-28-25(26)15-20(16-29-28)24-13-7-8-14-27(24)35-22-9-3-1-4-10-22;1-2-12-28-27(31)25-14-19(17-32-25)23-16-30-26-22(23)13-18(15-29-26)21-10-6-7-11-24(21)33-20-8-4-3-5-9-20;1-2-24-19(23)14-6-4-3-5-13(14)12-7-15-16(17-10-20-11-25-17)9-22-18(15)21-8-12;1-2-12-5-3-4-6-14(12)13-7-15-16(17-10-19-11-22-17)9-21-18(15)20-8-13;1-2-5-17-15(3-1)12-7-13-14(11-4-6-20-10-11)9-19-16(13)18-8-12/h1-19H,(H,29,30);3-11,13-17H,2,12H2,1H3,(H,28,31)(H,29,30);3-11H,2H2,1H3,(H,21,22);2-11H,1H2,(H,20,21);1-10H,(H,18,19). The molecule has 0 fully saturated rings. The van der Waals surface area contributed by atoms with Crippen molar-refractivity contribution in [2.24, 2.45) is 0 Å². The molecule has 0 aliphatic carbocycles. The van der Waals surface area contributed by atoms with E-state index < -0.39 is 10.0 Å². The number of nitrogens with zero attached hydrogens (tertiary/aromatic N) is 10. The molecule has 7 aromatic carbocycles. The molecule has 0 saturated carbocycles. The number of amides is 1. The van der Waals surface area contributed by atoms with Crippen molar-refractivity contribution >= 4 is 83.1 Å². The largest absolute Gasteiger partial charge is 0.472 e. The van der Waals surface area contributed by atoms with Gasteiger partial charge in [-0.1, -0.05) is 159 Å². The van der Waals surface area contributed by atoms with Crippen LogP contribution in [0.2, 0.25) is 0 Å². The Morgan fingerprint density at radius 1 is 0.426 bits per heavy atom. The highest BCUT2D eigenvalue weighted by molar-refractivity contribution is 7.89. The number of carbonyl (C=O) groups excluding carboxylic acids is 2. The number of pyridine rings is 6. The number of para-hydroxylation sites is 4. The van der Waals surface area contributed by atoms with Gasteiger partial charge in [0, 0.05) is 185 Å². The number of oxazole rings is 2. The summed E-state index contributed by atoms with van der Waals surface area (Å²) in [7, 11) is -3.79. The summed E-state index contributed by atoms with van der Waals surface area (Å²) in [5.74, 6) is 4.09. The Hall–Kier alpha value is -18.4. The minimum atomic E-state index is -3.79. The minimum Gasteiger partial charge on any atom is -0.472 e. The van der Waals surface area contributed by atoms with Crippen LogP contribution >= 0.6 is 0 Å². The molecular formula is C108H82N16O11S. The molecule has 6 N–H and O–H groups in total. The Morgan fingerprint density at radius 2 is 0.882 bits per heavy atom. The predicted octanol–water partition coefficient (Wildman–Crippen LogP) is 25.0. The zero-order valence-corrected chi connectivity index (χ0v) is 73.8. The number of rotatable bonds is 22. The molecule has 0 saturated heterocycles. The molecule has 1 amide bonds. The van der Waals surface area contributed by atoms with Crippen LogP contribution in [0, 0.1) is 0 Å². The van der Waals surface area contributed by atoms with E-state index in [9.17, 15) is 18.0 Å². The Balaban J connectivity index is 0.000000111. The zero-order chi connectivity index (χ0) is 92.7. The summed E-state index contributed by atoms with van der Waals surface area (Å²) in [4.78, 5) is 75.5. The fourth-order valence-corrected chi connectivity index (χ4v) is 16.7. The van der Waals surface area contributed by atoms with E-state index in [1.165, 1.54) is 19.0 Å². The highest BCUT2D eigenvalue weighted by Gasteiger charge is 2.24. The van der Waals surface area contributed by atoms with Crippen LogP contribution in [-0.2, 0) is 14.8 Å². The van der Waals surface area contributed by atoms with Gasteiger partial charge >= 0.3 is 5.97 Å². The van der Waals surface area contributed by atoms with Gasteiger partial charge in [0.05, 0.1) is 66.3 Å². The van der Waals surface area contributed by atoms with Crippen molar-refractivity contribution in [1.29, 1.82) is 0 Å². The fraction of sp³-hybridized carbons (Fsp3) is 0.0463. The first kappa shape index (κ1) is 86.9. The zero-order valence-electron chi connectivity index (χ0n) is 73.0. The molecule has 0 bridgehead atoms. The fourth-order valence-electron chi connectivity index (χ4n) is 15.6. The van der Waals surface area contributed by atoms with E-state index in [2.05, 4.69) is 106 Å². The van der Waals surface area contributed by atoms with Gasteiger partial charge in [0.15, 0.2) is 30.1 Å². The van der Waals surface area contributed by atoms with Gasteiger partial charge in [-0.3, -0.25) is 9.78 Å². The number of nitrogens with one attached hydrogen (secondary N) is 6. The highest BCUT2D eigenvalue weighted by Crippen LogP contribution is 2.42. The van der Waals surface area contributed by atoms with Crippen molar-refractivity contribution in [3.8, 4) is 135 Å². The Labute approximate surface area is 777 Å². The molecular weight excluding hydrogens is 1730 g/mol. The van der Waals surface area contributed by atoms with Crippen molar-refractivity contribution in [3.05, 3.63) is 397 Å². The summed E-state index contributed by atoms with van der Waals surface area (Å²) in [5.41, 5.74) is 21.9. The van der Waals surface area contributed by atoms with Crippen molar-refractivity contribution < 1.29 is 49.9 Å². The summed E-state index contributed by atoms with van der Waals surface area (Å²) in [6, 6.07) is 78.5. The second kappa shape index (κ2) is 39.9. The number of esters is 1. The summed E-state index contributed by atoms with van der Waals surface area (Å²) in [6.45, 7) is 8.62. The number of carbonyl (C=O) groups is 2. The summed E-state index contributed by atoms with van der Waals surface area (Å²) in [6.07, 6.45) is 37.2. The molecule has 136 heavy (non-hydrogen) atoms. The SMILES string of the molecule is C=Cc1ccccc1-c1cnc2[nH]cc(-c3cnco3)c2c1.CCCNC(=O)c1cc(-c2c[nH]c3ncc(-c4ccccc4Oc4ccccc4)cc23)co1.CCOC(=O)c1ccccc1-c1cnc2[nH]cc(-c3cnco3)c2c1.O=S(=O)(c1ccccc1)n1cc(-c2c[nH]c3ncc(-c4ccccc4Oc4ccccc4)cc23)cn1.c1ccc(-c2cnc3[nH]cc(-c4ccoc4)c3c2)nc1. The van der Waals surface area contributed by atoms with Crippen LogP contribution in [-0.4, -0.2) is 107 Å². The third kappa shape index (κ3) is 18.9. The van der Waals surface area contributed by atoms with Gasteiger partial charge in [0.1, 0.15) is 51.2 Å². The summed E-state index contributed by atoms with van der Waals surface area (Å²) in [5, 5.41) is 11.7. The van der Waals surface area contributed by atoms with E-state index in [0.29, 0.717) is 47.2 Å². The molecule has 0 atom stereocenters. The second-order valence-electron chi connectivity index (χ2n) is 30.8. The van der Waals surface area contributed by atoms with Crippen LogP contribution in [0.15, 0.2) is 402 Å². The molecule has 666 valence electrons. The molecule has 23 aromatic rings. The highest BCUT2D eigenvalue weighted by atomic mass is 32.2. The molecule has 0 aliphatic heterocycles. The van der Waals surface area contributed by atoms with Gasteiger partial charge in [0.2, 0.25) is 0 Å². The first-order valence-electron chi connectivity index (χ1n) is 43.3. The summed E-state index contributed by atoms with van der Waals surface area (Å²) < 4.78 is 65.9. The Bertz CT molecular complexity index is 8210. The average molecular weight is 1810 g/mol. The normalized spacial score (nSPS) is 11.1. The maximum Gasteiger partial charge on any atom is 0.338 e. The number of aromatic nitrogens is 15. The summed E-state index contributed by atoms with van der Waals surface area (Å²) >= 11 is 0.